The first kappa shape index (κ1) is 35.2. The molecule has 3 fully saturated rings. The van der Waals surface area contributed by atoms with Gasteiger partial charge in [0.1, 0.15) is 11.6 Å². The SMILES string of the molecule is CC1(C)CCC(N(C(=O)C(C)(C)C)[C@H]2C[C@@H](/C=N/O)N(C(=O)[C@@H]3CN(C(C)(C)C)C[C@H]3c3ccc(F)cc3F)C2)CC1.Cl. The van der Waals surface area contributed by atoms with E-state index in [0.29, 0.717) is 31.6 Å². The van der Waals surface area contributed by atoms with Gasteiger partial charge in [-0.15, -0.1) is 12.4 Å². The van der Waals surface area contributed by atoms with Crippen LogP contribution in [0.15, 0.2) is 23.4 Å². The molecule has 0 radical (unpaired) electrons. The molecule has 2 saturated heterocycles. The maximum atomic E-state index is 15.1. The molecule has 242 valence electrons. The minimum Gasteiger partial charge on any atom is -0.411 e. The fraction of sp³-hybridized carbons (Fsp3) is 0.727. The highest BCUT2D eigenvalue weighted by molar-refractivity contribution is 5.86. The molecule has 4 rings (SSSR count). The predicted molar refractivity (Wildman–Crippen MR) is 168 cm³/mol. The van der Waals surface area contributed by atoms with E-state index in [1.165, 1.54) is 18.3 Å². The highest BCUT2D eigenvalue weighted by Gasteiger charge is 2.49. The van der Waals surface area contributed by atoms with E-state index in [2.05, 4.69) is 44.7 Å². The summed E-state index contributed by atoms with van der Waals surface area (Å²) < 4.78 is 28.9. The van der Waals surface area contributed by atoms with Crippen LogP contribution in [0.4, 0.5) is 8.78 Å². The molecule has 4 atom stereocenters. The molecule has 2 amide bonds. The van der Waals surface area contributed by atoms with Crippen molar-refractivity contribution in [3.05, 3.63) is 35.4 Å². The Balaban J connectivity index is 0.00000506. The van der Waals surface area contributed by atoms with Crippen LogP contribution < -0.4 is 0 Å². The summed E-state index contributed by atoms with van der Waals surface area (Å²) in [6.45, 7) is 17.7. The summed E-state index contributed by atoms with van der Waals surface area (Å²) in [6, 6.07) is 2.94. The van der Waals surface area contributed by atoms with Crippen molar-refractivity contribution in [2.45, 2.75) is 117 Å². The van der Waals surface area contributed by atoms with Crippen molar-refractivity contribution in [1.82, 2.24) is 14.7 Å². The van der Waals surface area contributed by atoms with Crippen molar-refractivity contribution >= 4 is 30.4 Å². The van der Waals surface area contributed by atoms with Gasteiger partial charge in [0.15, 0.2) is 0 Å². The number of amides is 2. The van der Waals surface area contributed by atoms with Crippen molar-refractivity contribution in [2.75, 3.05) is 19.6 Å². The van der Waals surface area contributed by atoms with Gasteiger partial charge in [-0.25, -0.2) is 8.78 Å². The summed E-state index contributed by atoms with van der Waals surface area (Å²) in [5.41, 5.74) is -0.273. The van der Waals surface area contributed by atoms with E-state index in [4.69, 9.17) is 0 Å². The third-order valence-corrected chi connectivity index (χ3v) is 9.76. The molecule has 0 spiro atoms. The highest BCUT2D eigenvalue weighted by atomic mass is 35.5. The Morgan fingerprint density at radius 2 is 1.65 bits per heavy atom. The third-order valence-electron chi connectivity index (χ3n) is 9.76. The number of halogens is 3. The molecule has 0 bridgehead atoms. The van der Waals surface area contributed by atoms with Crippen LogP contribution in [0.25, 0.3) is 0 Å². The Hall–Kier alpha value is -2.26. The van der Waals surface area contributed by atoms with Gasteiger partial charge in [0, 0.05) is 48.6 Å². The molecule has 7 nitrogen and oxygen atoms in total. The van der Waals surface area contributed by atoms with E-state index < -0.39 is 34.9 Å². The number of likely N-dealkylation sites (tertiary alicyclic amines) is 2. The number of hydrogen-bond acceptors (Lipinski definition) is 5. The quantitative estimate of drug-likeness (QED) is 0.231. The lowest BCUT2D eigenvalue weighted by Crippen LogP contribution is -2.54. The first-order chi connectivity index (χ1) is 19.4. The maximum Gasteiger partial charge on any atom is 0.228 e. The summed E-state index contributed by atoms with van der Waals surface area (Å²) >= 11 is 0. The number of oxime groups is 1. The average Bonchev–Trinajstić information content (AvgIpc) is 3.50. The fourth-order valence-corrected chi connectivity index (χ4v) is 7.13. The van der Waals surface area contributed by atoms with Crippen LogP contribution in [0.5, 0.6) is 0 Å². The Labute approximate surface area is 262 Å². The summed E-state index contributed by atoms with van der Waals surface area (Å²) in [5, 5.41) is 12.9. The Bertz CT molecular complexity index is 1190. The van der Waals surface area contributed by atoms with Gasteiger partial charge in [0.25, 0.3) is 0 Å². The highest BCUT2D eigenvalue weighted by Crippen LogP contribution is 2.42. The monoisotopic (exact) mass is 624 g/mol. The van der Waals surface area contributed by atoms with Gasteiger partial charge in [-0.2, -0.15) is 0 Å². The molecule has 2 heterocycles. The van der Waals surface area contributed by atoms with Crippen LogP contribution in [0, 0.1) is 28.4 Å². The van der Waals surface area contributed by atoms with E-state index in [0.717, 1.165) is 31.7 Å². The van der Waals surface area contributed by atoms with Crippen LogP contribution in [0.2, 0.25) is 0 Å². The second-order valence-corrected chi connectivity index (χ2v) is 15.5. The lowest BCUT2D eigenvalue weighted by molar-refractivity contribution is -0.147. The molecule has 1 aliphatic carbocycles. The number of carbonyl (C=O) groups excluding carboxylic acids is 2. The first-order valence-corrected chi connectivity index (χ1v) is 15.4. The zero-order valence-corrected chi connectivity index (χ0v) is 27.9. The van der Waals surface area contributed by atoms with E-state index in [9.17, 15) is 19.2 Å². The van der Waals surface area contributed by atoms with Crippen molar-refractivity contribution in [1.29, 1.82) is 0 Å². The van der Waals surface area contributed by atoms with Crippen LogP contribution in [-0.2, 0) is 9.59 Å². The Morgan fingerprint density at radius 3 is 2.19 bits per heavy atom. The molecule has 1 aromatic rings. The van der Waals surface area contributed by atoms with Gasteiger partial charge in [-0.1, -0.05) is 45.8 Å². The van der Waals surface area contributed by atoms with Crippen molar-refractivity contribution in [3.8, 4) is 0 Å². The topological polar surface area (TPSA) is 76.5 Å². The van der Waals surface area contributed by atoms with Crippen LogP contribution >= 0.6 is 12.4 Å². The Morgan fingerprint density at radius 1 is 1.02 bits per heavy atom. The van der Waals surface area contributed by atoms with Crippen molar-refractivity contribution in [2.24, 2.45) is 21.9 Å². The molecule has 0 aromatic heterocycles. The van der Waals surface area contributed by atoms with Gasteiger partial charge in [0.05, 0.1) is 24.2 Å². The summed E-state index contributed by atoms with van der Waals surface area (Å²) in [7, 11) is 0. The van der Waals surface area contributed by atoms with E-state index >= 15 is 4.39 Å². The Kier molecular flexibility index (Phi) is 10.6. The second kappa shape index (κ2) is 13.0. The summed E-state index contributed by atoms with van der Waals surface area (Å²) in [6.07, 6.45) is 5.73. The number of hydrogen-bond donors (Lipinski definition) is 1. The first-order valence-electron chi connectivity index (χ1n) is 15.4. The van der Waals surface area contributed by atoms with Crippen LogP contribution in [0.1, 0.15) is 99.0 Å². The smallest absolute Gasteiger partial charge is 0.228 e. The molecule has 1 aromatic carbocycles. The van der Waals surface area contributed by atoms with Crippen LogP contribution in [0.3, 0.4) is 0 Å². The zero-order chi connectivity index (χ0) is 31.2. The minimum atomic E-state index is -0.652. The molecule has 1 saturated carbocycles. The molecule has 2 aliphatic heterocycles. The van der Waals surface area contributed by atoms with Gasteiger partial charge in [-0.05, 0) is 69.9 Å². The zero-order valence-electron chi connectivity index (χ0n) is 27.1. The lowest BCUT2D eigenvalue weighted by atomic mass is 9.74. The van der Waals surface area contributed by atoms with Crippen molar-refractivity contribution in [3.63, 3.8) is 0 Å². The molecule has 0 unspecified atom stereocenters. The number of rotatable bonds is 5. The molecular formula is C33H51ClF2N4O3. The van der Waals surface area contributed by atoms with Gasteiger partial charge in [0.2, 0.25) is 11.8 Å². The van der Waals surface area contributed by atoms with E-state index in [1.807, 2.05) is 25.7 Å². The van der Waals surface area contributed by atoms with Gasteiger partial charge in [-0.3, -0.25) is 14.5 Å². The molecule has 3 aliphatic rings. The fourth-order valence-electron chi connectivity index (χ4n) is 7.13. The summed E-state index contributed by atoms with van der Waals surface area (Å²) in [5.74, 6) is -2.42. The molecule has 10 heteroatoms. The minimum absolute atomic E-state index is 0. The third kappa shape index (κ3) is 7.70. The van der Waals surface area contributed by atoms with E-state index in [-0.39, 0.29) is 47.3 Å². The lowest BCUT2D eigenvalue weighted by Gasteiger charge is -2.45. The van der Waals surface area contributed by atoms with Gasteiger partial charge >= 0.3 is 0 Å². The van der Waals surface area contributed by atoms with Gasteiger partial charge < -0.3 is 15.0 Å². The predicted octanol–water partition coefficient (Wildman–Crippen LogP) is 6.47. The molecular weight excluding hydrogens is 574 g/mol. The molecule has 43 heavy (non-hydrogen) atoms. The number of carbonyl (C=O) groups is 2. The normalized spacial score (nSPS) is 27.0. The summed E-state index contributed by atoms with van der Waals surface area (Å²) in [4.78, 5) is 34.3. The maximum absolute atomic E-state index is 15.1. The van der Waals surface area contributed by atoms with Crippen LogP contribution in [-0.4, -0.2) is 81.2 Å². The molecule has 1 N–H and O–H groups in total. The average molecular weight is 625 g/mol. The van der Waals surface area contributed by atoms with Crippen molar-refractivity contribution < 1.29 is 23.6 Å². The largest absolute Gasteiger partial charge is 0.411 e. The number of benzene rings is 1. The number of nitrogens with zero attached hydrogens (tertiary/aromatic N) is 4. The standard InChI is InChI=1S/C33H50F2N4O3.ClH/c1-31(2,3)30(41)39(22-11-13-33(7,8)14-12-22)24-16-23(17-36-42)38(18-24)29(40)27-20-37(32(4,5)6)19-26(27)25-10-9-21(34)15-28(25)35;/h9-10,15,17,22-24,26-27,42H,11-14,16,18-20H2,1-8H3;1H/b36-17+;/t23-,24-,26-,27+;/m0./s1. The van der Waals surface area contributed by atoms with E-state index in [1.54, 1.807) is 4.90 Å². The second-order valence-electron chi connectivity index (χ2n) is 15.5.